The van der Waals surface area contributed by atoms with E-state index in [4.69, 9.17) is 10.5 Å². The van der Waals surface area contributed by atoms with Gasteiger partial charge in [0.1, 0.15) is 0 Å². The standard InChI is InChI=1S/C16H15N.C9H20O.C2H6/c1-11-2-3-13-9-15(10-14(13)8-11)12-4-6-16(17)7-5-12;1-7-8(2,3)9(4,5)10-6;1-2/h2-8,10H,9,17H2,1H3;7H2,1-6H3;1-2H3. The molecule has 2 nitrogen and oxygen atoms in total. The van der Waals surface area contributed by atoms with E-state index in [9.17, 15) is 0 Å². The quantitative estimate of drug-likeness (QED) is 0.542. The number of nitrogens with two attached hydrogens (primary N) is 1. The van der Waals surface area contributed by atoms with Gasteiger partial charge < -0.3 is 10.5 Å². The van der Waals surface area contributed by atoms with E-state index in [1.807, 2.05) is 26.0 Å². The van der Waals surface area contributed by atoms with Gasteiger partial charge in [-0.15, -0.1) is 0 Å². The molecule has 2 aromatic carbocycles. The van der Waals surface area contributed by atoms with E-state index in [-0.39, 0.29) is 11.0 Å². The molecular formula is C27H41NO. The fraction of sp³-hybridized carbons (Fsp3) is 0.481. The maximum absolute atomic E-state index is 5.71. The van der Waals surface area contributed by atoms with Gasteiger partial charge in [0.05, 0.1) is 5.60 Å². The topological polar surface area (TPSA) is 35.2 Å². The number of hydrogen-bond donors (Lipinski definition) is 1. The predicted octanol–water partition coefficient (Wildman–Crippen LogP) is 7.55. The highest BCUT2D eigenvalue weighted by Crippen LogP contribution is 2.36. The van der Waals surface area contributed by atoms with Crippen molar-refractivity contribution in [3.63, 3.8) is 0 Å². The Kier molecular flexibility index (Phi) is 9.16. The lowest BCUT2D eigenvalue weighted by molar-refractivity contribution is -0.0723. The minimum Gasteiger partial charge on any atom is -0.399 e. The van der Waals surface area contributed by atoms with Gasteiger partial charge in [0.25, 0.3) is 0 Å². The van der Waals surface area contributed by atoms with Gasteiger partial charge in [0.15, 0.2) is 0 Å². The summed E-state index contributed by atoms with van der Waals surface area (Å²) in [5, 5.41) is 0. The number of allylic oxidation sites excluding steroid dienone is 1. The van der Waals surface area contributed by atoms with Crippen molar-refractivity contribution in [2.45, 2.75) is 73.8 Å². The summed E-state index contributed by atoms with van der Waals surface area (Å²) in [4.78, 5) is 0. The zero-order valence-electron chi connectivity index (χ0n) is 20.0. The summed E-state index contributed by atoms with van der Waals surface area (Å²) in [5.41, 5.74) is 13.5. The van der Waals surface area contributed by atoms with Crippen LogP contribution < -0.4 is 5.73 Å². The summed E-state index contributed by atoms with van der Waals surface area (Å²) >= 11 is 0. The highest BCUT2D eigenvalue weighted by atomic mass is 16.5. The first kappa shape index (κ1) is 25.0. The van der Waals surface area contributed by atoms with Gasteiger partial charge in [-0.2, -0.15) is 0 Å². The van der Waals surface area contributed by atoms with E-state index in [1.165, 1.54) is 27.8 Å². The van der Waals surface area contributed by atoms with Crippen molar-refractivity contribution in [1.82, 2.24) is 0 Å². The third kappa shape index (κ3) is 6.47. The Morgan fingerprint density at radius 2 is 1.55 bits per heavy atom. The monoisotopic (exact) mass is 395 g/mol. The number of anilines is 1. The Labute approximate surface area is 179 Å². The number of rotatable bonds is 4. The lowest BCUT2D eigenvalue weighted by Crippen LogP contribution is -2.40. The molecule has 1 aliphatic carbocycles. The lowest BCUT2D eigenvalue weighted by atomic mass is 9.75. The second kappa shape index (κ2) is 10.6. The summed E-state index contributed by atoms with van der Waals surface area (Å²) in [6.07, 6.45) is 4.46. The predicted molar refractivity (Wildman–Crippen MR) is 130 cm³/mol. The normalized spacial score (nSPS) is 12.8. The molecule has 0 bridgehead atoms. The number of nitrogen functional groups attached to an aromatic ring is 1. The maximum atomic E-state index is 5.71. The van der Waals surface area contributed by atoms with Gasteiger partial charge in [-0.1, -0.05) is 76.6 Å². The van der Waals surface area contributed by atoms with E-state index >= 15 is 0 Å². The molecule has 2 N–H and O–H groups in total. The van der Waals surface area contributed by atoms with Crippen molar-refractivity contribution in [2.24, 2.45) is 5.41 Å². The van der Waals surface area contributed by atoms with E-state index in [0.717, 1.165) is 18.5 Å². The van der Waals surface area contributed by atoms with Crippen LogP contribution >= 0.6 is 0 Å². The van der Waals surface area contributed by atoms with Crippen LogP contribution in [0.4, 0.5) is 5.69 Å². The van der Waals surface area contributed by atoms with Crippen LogP contribution in [-0.2, 0) is 11.2 Å². The molecule has 0 amide bonds. The average Bonchev–Trinajstić information content (AvgIpc) is 3.13. The molecule has 0 atom stereocenters. The minimum absolute atomic E-state index is 0.0122. The molecule has 0 fully saturated rings. The van der Waals surface area contributed by atoms with Crippen molar-refractivity contribution in [1.29, 1.82) is 0 Å². The Morgan fingerprint density at radius 1 is 0.966 bits per heavy atom. The molecule has 160 valence electrons. The first-order valence-electron chi connectivity index (χ1n) is 10.8. The summed E-state index contributed by atoms with van der Waals surface area (Å²) in [5.74, 6) is 0. The number of fused-ring (bicyclic) bond motifs is 1. The van der Waals surface area contributed by atoms with Crippen molar-refractivity contribution < 1.29 is 4.74 Å². The molecule has 0 radical (unpaired) electrons. The number of methoxy groups -OCH3 is 1. The fourth-order valence-corrected chi connectivity index (χ4v) is 3.04. The van der Waals surface area contributed by atoms with Gasteiger partial charge in [-0.25, -0.2) is 0 Å². The van der Waals surface area contributed by atoms with Crippen LogP contribution in [0.25, 0.3) is 11.6 Å². The number of aryl methyl sites for hydroxylation is 1. The Bertz CT molecular complexity index is 784. The van der Waals surface area contributed by atoms with Crippen LogP contribution in [0.15, 0.2) is 42.5 Å². The third-order valence-electron chi connectivity index (χ3n) is 6.32. The summed E-state index contributed by atoms with van der Waals surface area (Å²) in [6, 6.07) is 14.8. The van der Waals surface area contributed by atoms with Gasteiger partial charge in [-0.05, 0) is 73.4 Å². The van der Waals surface area contributed by atoms with Gasteiger partial charge >= 0.3 is 0 Å². The van der Waals surface area contributed by atoms with Gasteiger partial charge in [-0.3, -0.25) is 0 Å². The SMILES string of the molecule is CC.CCC(C)(C)C(C)(C)OC.Cc1ccc2c(c1)C=C(c1ccc(N)cc1)C2. The van der Waals surface area contributed by atoms with E-state index < -0.39 is 0 Å². The fourth-order valence-electron chi connectivity index (χ4n) is 3.04. The van der Waals surface area contributed by atoms with Crippen molar-refractivity contribution in [3.05, 3.63) is 64.7 Å². The third-order valence-corrected chi connectivity index (χ3v) is 6.32. The first-order valence-corrected chi connectivity index (χ1v) is 10.8. The van der Waals surface area contributed by atoms with Crippen LogP contribution in [0.5, 0.6) is 0 Å². The summed E-state index contributed by atoms with van der Waals surface area (Å²) < 4.78 is 5.39. The van der Waals surface area contributed by atoms with E-state index in [2.05, 4.69) is 78.0 Å². The first-order chi connectivity index (χ1) is 13.6. The molecule has 0 spiro atoms. The maximum Gasteiger partial charge on any atom is 0.0673 e. The minimum atomic E-state index is -0.0122. The Morgan fingerprint density at radius 3 is 2.03 bits per heavy atom. The molecule has 2 aromatic rings. The molecule has 29 heavy (non-hydrogen) atoms. The van der Waals surface area contributed by atoms with Crippen LogP contribution in [-0.4, -0.2) is 12.7 Å². The zero-order chi connectivity index (χ0) is 22.2. The molecular weight excluding hydrogens is 354 g/mol. The number of ether oxygens (including phenoxy) is 1. The average molecular weight is 396 g/mol. The van der Waals surface area contributed by atoms with Crippen LogP contribution in [0, 0.1) is 12.3 Å². The van der Waals surface area contributed by atoms with Crippen molar-refractivity contribution in [2.75, 3.05) is 12.8 Å². The molecule has 0 aliphatic heterocycles. The molecule has 3 rings (SSSR count). The largest absolute Gasteiger partial charge is 0.399 e. The molecule has 0 aromatic heterocycles. The van der Waals surface area contributed by atoms with E-state index in [1.54, 1.807) is 7.11 Å². The Hall–Kier alpha value is -2.06. The lowest BCUT2D eigenvalue weighted by Gasteiger charge is -2.39. The van der Waals surface area contributed by atoms with Crippen LogP contribution in [0.1, 0.15) is 77.1 Å². The Balaban J connectivity index is 0.000000304. The van der Waals surface area contributed by atoms with Crippen molar-refractivity contribution in [3.8, 4) is 0 Å². The van der Waals surface area contributed by atoms with Gasteiger partial charge in [0.2, 0.25) is 0 Å². The molecule has 0 saturated carbocycles. The zero-order valence-corrected chi connectivity index (χ0v) is 20.0. The van der Waals surface area contributed by atoms with Crippen LogP contribution in [0.3, 0.4) is 0 Å². The molecule has 1 aliphatic rings. The number of benzene rings is 2. The highest BCUT2D eigenvalue weighted by molar-refractivity contribution is 5.88. The summed E-state index contributed by atoms with van der Waals surface area (Å²) in [6.45, 7) is 17.1. The molecule has 2 heteroatoms. The second-order valence-corrected chi connectivity index (χ2v) is 8.62. The van der Waals surface area contributed by atoms with Crippen LogP contribution in [0.2, 0.25) is 0 Å². The molecule has 0 heterocycles. The van der Waals surface area contributed by atoms with Gasteiger partial charge in [0, 0.05) is 12.8 Å². The molecule has 0 unspecified atom stereocenters. The molecule has 0 saturated heterocycles. The van der Waals surface area contributed by atoms with Crippen molar-refractivity contribution >= 4 is 17.3 Å². The highest BCUT2D eigenvalue weighted by Gasteiger charge is 2.35. The smallest absolute Gasteiger partial charge is 0.0673 e. The van der Waals surface area contributed by atoms with E-state index in [0.29, 0.717) is 0 Å². The number of hydrogen-bond acceptors (Lipinski definition) is 2. The second-order valence-electron chi connectivity index (χ2n) is 8.62. The summed E-state index contributed by atoms with van der Waals surface area (Å²) in [7, 11) is 1.78.